The molecule has 1 aliphatic heterocycles. The third kappa shape index (κ3) is 2.60. The van der Waals surface area contributed by atoms with E-state index in [1.807, 2.05) is 0 Å². The van der Waals surface area contributed by atoms with Crippen LogP contribution in [0.4, 0.5) is 0 Å². The Hall–Kier alpha value is 0.180. The molecule has 0 aromatic carbocycles. The number of halogens is 1. The number of alkyl halides is 1. The van der Waals surface area contributed by atoms with Crippen LogP contribution in [0.1, 0.15) is 19.8 Å². The van der Waals surface area contributed by atoms with Crippen molar-refractivity contribution < 1.29 is 0 Å². The zero-order valence-electron chi connectivity index (χ0n) is 7.09. The molecule has 2 heteroatoms. The lowest BCUT2D eigenvalue weighted by atomic mass is 10.2. The van der Waals surface area contributed by atoms with E-state index in [-0.39, 0.29) is 0 Å². The van der Waals surface area contributed by atoms with Gasteiger partial charge < -0.3 is 0 Å². The van der Waals surface area contributed by atoms with Crippen LogP contribution in [-0.4, -0.2) is 29.4 Å². The molecule has 1 heterocycles. The van der Waals surface area contributed by atoms with Crippen molar-refractivity contribution in [1.29, 1.82) is 0 Å². The van der Waals surface area contributed by atoms with Gasteiger partial charge in [0, 0.05) is 17.9 Å². The molecule has 64 valence electrons. The van der Waals surface area contributed by atoms with E-state index in [2.05, 4.69) is 39.9 Å². The van der Waals surface area contributed by atoms with E-state index in [9.17, 15) is 0 Å². The number of rotatable bonds is 3. The summed E-state index contributed by atoms with van der Waals surface area (Å²) in [5.74, 6) is 0. The first-order chi connectivity index (χ1) is 5.38. The van der Waals surface area contributed by atoms with Crippen molar-refractivity contribution in [3.05, 3.63) is 12.2 Å². The van der Waals surface area contributed by atoms with Crippen molar-refractivity contribution in [1.82, 2.24) is 4.90 Å². The molecular weight excluding hydrogens is 202 g/mol. The number of likely N-dealkylation sites (tertiary alicyclic amines) is 1. The molecule has 0 bridgehead atoms. The van der Waals surface area contributed by atoms with Gasteiger partial charge in [0.1, 0.15) is 0 Å². The average molecular weight is 218 g/mol. The molecule has 0 aliphatic carbocycles. The Kier molecular flexibility index (Phi) is 4.16. The van der Waals surface area contributed by atoms with Crippen molar-refractivity contribution in [3.8, 4) is 0 Å². The maximum absolute atomic E-state index is 3.54. The third-order valence-electron chi connectivity index (χ3n) is 2.25. The molecule has 1 unspecified atom stereocenters. The predicted molar refractivity (Wildman–Crippen MR) is 53.2 cm³/mol. The minimum atomic E-state index is 0.784. The van der Waals surface area contributed by atoms with E-state index in [1.165, 1.54) is 19.4 Å². The summed E-state index contributed by atoms with van der Waals surface area (Å²) in [6, 6.07) is 0.784. The van der Waals surface area contributed by atoms with Crippen LogP contribution in [0, 0.1) is 0 Å². The zero-order valence-corrected chi connectivity index (χ0v) is 8.68. The third-order valence-corrected chi connectivity index (χ3v) is 3.00. The highest BCUT2D eigenvalue weighted by atomic mass is 79.9. The fourth-order valence-electron chi connectivity index (χ4n) is 1.55. The largest absolute Gasteiger partial charge is 0.296 e. The normalized spacial score (nSPS) is 26.9. The van der Waals surface area contributed by atoms with Crippen LogP contribution in [0.15, 0.2) is 12.2 Å². The first-order valence-electron chi connectivity index (χ1n) is 4.29. The number of hydrogen-bond donors (Lipinski definition) is 0. The quantitative estimate of drug-likeness (QED) is 0.519. The highest BCUT2D eigenvalue weighted by Crippen LogP contribution is 2.18. The summed E-state index contributed by atoms with van der Waals surface area (Å²) in [5.41, 5.74) is 0. The Balaban J connectivity index is 2.31. The van der Waals surface area contributed by atoms with E-state index in [0.717, 1.165) is 17.9 Å². The molecule has 0 aromatic heterocycles. The van der Waals surface area contributed by atoms with Gasteiger partial charge in [0.05, 0.1) is 0 Å². The van der Waals surface area contributed by atoms with Gasteiger partial charge >= 0.3 is 0 Å². The Morgan fingerprint density at radius 3 is 3.09 bits per heavy atom. The van der Waals surface area contributed by atoms with Gasteiger partial charge in [-0.25, -0.2) is 0 Å². The fourth-order valence-corrected chi connectivity index (χ4v) is 2.28. The first kappa shape index (κ1) is 9.27. The Morgan fingerprint density at radius 1 is 1.64 bits per heavy atom. The Morgan fingerprint density at radius 2 is 2.45 bits per heavy atom. The van der Waals surface area contributed by atoms with Crippen LogP contribution in [0.3, 0.4) is 0 Å². The van der Waals surface area contributed by atoms with Gasteiger partial charge in [-0.3, -0.25) is 4.90 Å². The van der Waals surface area contributed by atoms with Crippen molar-refractivity contribution in [2.24, 2.45) is 0 Å². The van der Waals surface area contributed by atoms with E-state index in [0.29, 0.717) is 0 Å². The van der Waals surface area contributed by atoms with Crippen LogP contribution in [-0.2, 0) is 0 Å². The van der Waals surface area contributed by atoms with Crippen molar-refractivity contribution in [2.45, 2.75) is 25.8 Å². The molecule has 0 spiro atoms. The van der Waals surface area contributed by atoms with Crippen molar-refractivity contribution >= 4 is 15.9 Å². The predicted octanol–water partition coefficient (Wildman–Crippen LogP) is 2.42. The van der Waals surface area contributed by atoms with E-state index in [4.69, 9.17) is 0 Å². The average Bonchev–Trinajstić information content (AvgIpc) is 2.47. The lowest BCUT2D eigenvalue weighted by Crippen LogP contribution is -2.30. The summed E-state index contributed by atoms with van der Waals surface area (Å²) in [6.07, 6.45) is 7.10. The smallest absolute Gasteiger partial charge is 0.0196 e. The van der Waals surface area contributed by atoms with Gasteiger partial charge in [0.15, 0.2) is 0 Å². The molecule has 1 saturated heterocycles. The van der Waals surface area contributed by atoms with Crippen LogP contribution >= 0.6 is 15.9 Å². The molecule has 0 N–H and O–H groups in total. The molecule has 1 atom stereocenters. The van der Waals surface area contributed by atoms with Crippen LogP contribution in [0.25, 0.3) is 0 Å². The summed E-state index contributed by atoms with van der Waals surface area (Å²) in [4.78, 5) is 2.54. The molecule has 1 nitrogen and oxygen atoms in total. The lowest BCUT2D eigenvalue weighted by Gasteiger charge is -2.20. The van der Waals surface area contributed by atoms with Crippen LogP contribution in [0.5, 0.6) is 0 Å². The maximum atomic E-state index is 3.54. The molecule has 0 radical (unpaired) electrons. The molecule has 11 heavy (non-hydrogen) atoms. The zero-order chi connectivity index (χ0) is 8.10. The van der Waals surface area contributed by atoms with Gasteiger partial charge in [0.25, 0.3) is 0 Å². The lowest BCUT2D eigenvalue weighted by molar-refractivity contribution is 0.303. The first-order valence-corrected chi connectivity index (χ1v) is 5.41. The molecule has 0 amide bonds. The standard InChI is InChI=1S/C9H16BrN/c1-2-3-6-11-7-4-5-9(11)8-10/h2-3,9H,4-8H2,1H3/b3-2+. The van der Waals surface area contributed by atoms with Crippen molar-refractivity contribution in [2.75, 3.05) is 18.4 Å². The van der Waals surface area contributed by atoms with Crippen LogP contribution < -0.4 is 0 Å². The number of hydrogen-bond acceptors (Lipinski definition) is 1. The molecule has 1 rings (SSSR count). The summed E-state index contributed by atoms with van der Waals surface area (Å²) < 4.78 is 0. The SMILES string of the molecule is C/C=C/CN1CCCC1CBr. The number of allylic oxidation sites excluding steroid dienone is 1. The summed E-state index contributed by atoms with van der Waals surface area (Å²) in [6.45, 7) is 4.49. The Labute approximate surface area is 77.6 Å². The second kappa shape index (κ2) is 4.94. The second-order valence-electron chi connectivity index (χ2n) is 3.01. The molecule has 1 aliphatic rings. The van der Waals surface area contributed by atoms with Crippen molar-refractivity contribution in [3.63, 3.8) is 0 Å². The van der Waals surface area contributed by atoms with Gasteiger partial charge in [0.2, 0.25) is 0 Å². The summed E-state index contributed by atoms with van der Waals surface area (Å²) in [5, 5.41) is 1.13. The molecule has 0 aromatic rings. The second-order valence-corrected chi connectivity index (χ2v) is 3.66. The minimum absolute atomic E-state index is 0.784. The maximum Gasteiger partial charge on any atom is 0.0196 e. The van der Waals surface area contributed by atoms with Gasteiger partial charge in [-0.2, -0.15) is 0 Å². The topological polar surface area (TPSA) is 3.24 Å². The summed E-state index contributed by atoms with van der Waals surface area (Å²) in [7, 11) is 0. The molecule has 1 fully saturated rings. The highest BCUT2D eigenvalue weighted by molar-refractivity contribution is 9.09. The van der Waals surface area contributed by atoms with Crippen LogP contribution in [0.2, 0.25) is 0 Å². The van der Waals surface area contributed by atoms with E-state index in [1.54, 1.807) is 0 Å². The van der Waals surface area contributed by atoms with E-state index < -0.39 is 0 Å². The minimum Gasteiger partial charge on any atom is -0.296 e. The monoisotopic (exact) mass is 217 g/mol. The number of nitrogens with zero attached hydrogens (tertiary/aromatic N) is 1. The Bertz CT molecular complexity index is 134. The van der Waals surface area contributed by atoms with E-state index >= 15 is 0 Å². The van der Waals surface area contributed by atoms with Gasteiger partial charge in [-0.1, -0.05) is 28.1 Å². The molecule has 0 saturated carbocycles. The highest BCUT2D eigenvalue weighted by Gasteiger charge is 2.21. The van der Waals surface area contributed by atoms with Gasteiger partial charge in [-0.05, 0) is 26.3 Å². The fraction of sp³-hybridized carbons (Fsp3) is 0.778. The molecular formula is C9H16BrN. The summed E-state index contributed by atoms with van der Waals surface area (Å²) >= 11 is 3.54. The van der Waals surface area contributed by atoms with Gasteiger partial charge in [-0.15, -0.1) is 0 Å².